The van der Waals surface area contributed by atoms with Crippen LogP contribution in [-0.2, 0) is 7.05 Å². The van der Waals surface area contributed by atoms with Crippen LogP contribution in [0.3, 0.4) is 0 Å². The van der Waals surface area contributed by atoms with Crippen LogP contribution in [0.25, 0.3) is 0 Å². The number of methoxy groups -OCH3 is 1. The summed E-state index contributed by atoms with van der Waals surface area (Å²) in [5.41, 5.74) is 6.45. The zero-order valence-corrected chi connectivity index (χ0v) is 10.8. The standard InChI is InChI=1S/C10H15N5OS/c1-6-10(17-5-12-6)8(14-11)9-7(16-3)4-13-15(9)2/h4-5,8,14H,11H2,1-3H3. The summed E-state index contributed by atoms with van der Waals surface area (Å²) in [4.78, 5) is 5.30. The molecule has 0 aliphatic heterocycles. The Morgan fingerprint density at radius 3 is 2.88 bits per heavy atom. The molecular weight excluding hydrogens is 238 g/mol. The molecule has 0 saturated heterocycles. The number of aromatic nitrogens is 3. The second kappa shape index (κ2) is 4.82. The Labute approximate surface area is 103 Å². The van der Waals surface area contributed by atoms with Gasteiger partial charge in [0.1, 0.15) is 11.7 Å². The number of ether oxygens (including phenoxy) is 1. The van der Waals surface area contributed by atoms with E-state index < -0.39 is 0 Å². The van der Waals surface area contributed by atoms with Crippen molar-refractivity contribution >= 4 is 11.3 Å². The minimum absolute atomic E-state index is 0.162. The van der Waals surface area contributed by atoms with Crippen LogP contribution in [0.5, 0.6) is 5.75 Å². The summed E-state index contributed by atoms with van der Waals surface area (Å²) in [5.74, 6) is 6.36. The molecule has 3 N–H and O–H groups in total. The molecule has 0 spiro atoms. The van der Waals surface area contributed by atoms with Crippen molar-refractivity contribution in [2.75, 3.05) is 7.11 Å². The average Bonchev–Trinajstić information content (AvgIpc) is 2.89. The smallest absolute Gasteiger partial charge is 0.162 e. The summed E-state index contributed by atoms with van der Waals surface area (Å²) >= 11 is 1.56. The Bertz CT molecular complexity index is 507. The second-order valence-corrected chi connectivity index (χ2v) is 4.51. The largest absolute Gasteiger partial charge is 0.493 e. The number of hydrogen-bond donors (Lipinski definition) is 2. The van der Waals surface area contributed by atoms with Gasteiger partial charge in [-0.3, -0.25) is 10.5 Å². The molecule has 0 fully saturated rings. The van der Waals surface area contributed by atoms with Gasteiger partial charge in [0.15, 0.2) is 5.75 Å². The minimum Gasteiger partial charge on any atom is -0.493 e. The van der Waals surface area contributed by atoms with E-state index in [0.29, 0.717) is 5.75 Å². The highest BCUT2D eigenvalue weighted by Gasteiger charge is 2.24. The lowest BCUT2D eigenvalue weighted by Crippen LogP contribution is -2.30. The molecule has 17 heavy (non-hydrogen) atoms. The third-order valence-corrected chi connectivity index (χ3v) is 3.65. The number of aryl methyl sites for hydroxylation is 2. The van der Waals surface area contributed by atoms with Gasteiger partial charge in [-0.1, -0.05) is 0 Å². The van der Waals surface area contributed by atoms with Crippen LogP contribution >= 0.6 is 11.3 Å². The molecule has 0 bridgehead atoms. The summed E-state index contributed by atoms with van der Waals surface area (Å²) in [6, 6.07) is -0.162. The van der Waals surface area contributed by atoms with Crippen molar-refractivity contribution in [1.29, 1.82) is 0 Å². The van der Waals surface area contributed by atoms with Crippen LogP contribution in [0.2, 0.25) is 0 Å². The number of nitrogens with zero attached hydrogens (tertiary/aromatic N) is 3. The van der Waals surface area contributed by atoms with Crippen molar-refractivity contribution in [3.63, 3.8) is 0 Å². The molecular formula is C10H15N5OS. The molecule has 0 saturated carbocycles. The van der Waals surface area contributed by atoms with E-state index in [0.717, 1.165) is 16.3 Å². The molecule has 2 aromatic rings. The summed E-state index contributed by atoms with van der Waals surface area (Å²) in [5, 5.41) is 4.18. The normalized spacial score (nSPS) is 12.7. The van der Waals surface area contributed by atoms with Gasteiger partial charge in [0.25, 0.3) is 0 Å². The quantitative estimate of drug-likeness (QED) is 0.621. The Morgan fingerprint density at radius 1 is 1.59 bits per heavy atom. The summed E-state index contributed by atoms with van der Waals surface area (Å²) in [6.07, 6.45) is 1.68. The first-order valence-electron chi connectivity index (χ1n) is 5.11. The maximum atomic E-state index is 5.65. The van der Waals surface area contributed by atoms with Crippen LogP contribution in [0, 0.1) is 6.92 Å². The number of nitrogens with two attached hydrogens (primary N) is 1. The van der Waals surface area contributed by atoms with Crippen LogP contribution < -0.4 is 16.0 Å². The maximum Gasteiger partial charge on any atom is 0.162 e. The molecule has 0 aliphatic carbocycles. The molecule has 2 aromatic heterocycles. The van der Waals surface area contributed by atoms with Crippen LogP contribution in [0.15, 0.2) is 11.7 Å². The van der Waals surface area contributed by atoms with Crippen molar-refractivity contribution in [2.24, 2.45) is 12.9 Å². The lowest BCUT2D eigenvalue weighted by Gasteiger charge is -2.16. The Hall–Kier alpha value is -1.44. The molecule has 2 heterocycles. The van der Waals surface area contributed by atoms with E-state index in [4.69, 9.17) is 10.6 Å². The predicted octanol–water partition coefficient (Wildman–Crippen LogP) is 0.746. The minimum atomic E-state index is -0.162. The van der Waals surface area contributed by atoms with Crippen molar-refractivity contribution in [2.45, 2.75) is 13.0 Å². The van der Waals surface area contributed by atoms with Crippen molar-refractivity contribution in [1.82, 2.24) is 20.2 Å². The zero-order valence-electron chi connectivity index (χ0n) is 9.97. The highest BCUT2D eigenvalue weighted by Crippen LogP contribution is 2.32. The first-order valence-corrected chi connectivity index (χ1v) is 5.99. The van der Waals surface area contributed by atoms with Gasteiger partial charge in [-0.2, -0.15) is 5.10 Å². The van der Waals surface area contributed by atoms with E-state index in [2.05, 4.69) is 15.5 Å². The van der Waals surface area contributed by atoms with Gasteiger partial charge < -0.3 is 4.74 Å². The van der Waals surface area contributed by atoms with Gasteiger partial charge in [-0.25, -0.2) is 10.4 Å². The Morgan fingerprint density at radius 2 is 2.35 bits per heavy atom. The molecule has 1 atom stereocenters. The van der Waals surface area contributed by atoms with E-state index in [-0.39, 0.29) is 6.04 Å². The number of nitrogens with one attached hydrogen (secondary N) is 1. The maximum absolute atomic E-state index is 5.65. The van der Waals surface area contributed by atoms with Crippen molar-refractivity contribution < 1.29 is 4.74 Å². The zero-order chi connectivity index (χ0) is 12.4. The molecule has 1 unspecified atom stereocenters. The molecule has 92 valence electrons. The van der Waals surface area contributed by atoms with E-state index in [1.165, 1.54) is 0 Å². The van der Waals surface area contributed by atoms with E-state index in [1.807, 2.05) is 14.0 Å². The number of rotatable bonds is 4. The molecule has 6 nitrogen and oxygen atoms in total. The van der Waals surface area contributed by atoms with Gasteiger partial charge in [-0.15, -0.1) is 11.3 Å². The Kier molecular flexibility index (Phi) is 3.41. The monoisotopic (exact) mass is 253 g/mol. The SMILES string of the molecule is COc1cnn(C)c1C(NN)c1scnc1C. The number of hydrogen-bond acceptors (Lipinski definition) is 6. The average molecular weight is 253 g/mol. The van der Waals surface area contributed by atoms with E-state index >= 15 is 0 Å². The van der Waals surface area contributed by atoms with Crippen LogP contribution in [0.4, 0.5) is 0 Å². The highest BCUT2D eigenvalue weighted by molar-refractivity contribution is 7.09. The second-order valence-electron chi connectivity index (χ2n) is 3.62. The van der Waals surface area contributed by atoms with Crippen molar-refractivity contribution in [3.05, 3.63) is 28.0 Å². The van der Waals surface area contributed by atoms with Crippen LogP contribution in [0.1, 0.15) is 22.3 Å². The molecule has 2 rings (SSSR count). The summed E-state index contributed by atoms with van der Waals surface area (Å²) in [6.45, 7) is 1.96. The highest BCUT2D eigenvalue weighted by atomic mass is 32.1. The first-order chi connectivity index (χ1) is 8.19. The molecule has 0 radical (unpaired) electrons. The Balaban J connectivity index is 2.49. The van der Waals surface area contributed by atoms with Gasteiger partial charge in [0.05, 0.1) is 29.4 Å². The third-order valence-electron chi connectivity index (χ3n) is 2.65. The molecule has 7 heteroatoms. The fourth-order valence-corrected chi connectivity index (χ4v) is 2.64. The molecule has 0 amide bonds. The third kappa shape index (κ3) is 2.04. The fourth-order valence-electron chi connectivity index (χ4n) is 1.78. The fraction of sp³-hybridized carbons (Fsp3) is 0.400. The topological polar surface area (TPSA) is 78.0 Å². The summed E-state index contributed by atoms with van der Waals surface area (Å²) < 4.78 is 7.04. The first kappa shape index (κ1) is 12.0. The molecule has 0 aromatic carbocycles. The number of hydrazine groups is 1. The molecule has 0 aliphatic rings. The predicted molar refractivity (Wildman–Crippen MR) is 65.8 cm³/mol. The van der Waals surface area contributed by atoms with E-state index in [1.54, 1.807) is 34.8 Å². The lowest BCUT2D eigenvalue weighted by atomic mass is 10.1. The van der Waals surface area contributed by atoms with Crippen molar-refractivity contribution in [3.8, 4) is 5.75 Å². The van der Waals surface area contributed by atoms with E-state index in [9.17, 15) is 0 Å². The van der Waals surface area contributed by atoms with Gasteiger partial charge >= 0.3 is 0 Å². The van der Waals surface area contributed by atoms with Gasteiger partial charge in [0.2, 0.25) is 0 Å². The lowest BCUT2D eigenvalue weighted by molar-refractivity contribution is 0.401. The van der Waals surface area contributed by atoms with Gasteiger partial charge in [0, 0.05) is 7.05 Å². The number of thiazole rings is 1. The van der Waals surface area contributed by atoms with Crippen LogP contribution in [-0.4, -0.2) is 21.9 Å². The van der Waals surface area contributed by atoms with Gasteiger partial charge in [-0.05, 0) is 6.92 Å². The summed E-state index contributed by atoms with van der Waals surface area (Å²) in [7, 11) is 3.48.